The molecule has 26 heavy (non-hydrogen) atoms. The van der Waals surface area contributed by atoms with Gasteiger partial charge in [-0.05, 0) is 24.6 Å². The highest BCUT2D eigenvalue weighted by molar-refractivity contribution is 5.98. The fraction of sp³-hybridized carbons (Fsp3) is 0.312. The van der Waals surface area contributed by atoms with Crippen LogP contribution < -0.4 is 10.6 Å². The monoisotopic (exact) mass is 372 g/mol. The Bertz CT molecular complexity index is 740. The molecule has 0 aromatic heterocycles. The number of carbonyl (C=O) groups excluding carboxylic acids is 1. The molecule has 1 rings (SSSR count). The fourth-order valence-corrected chi connectivity index (χ4v) is 2.00. The van der Waals surface area contributed by atoms with Crippen molar-refractivity contribution in [3.8, 4) is 12.3 Å². The van der Waals surface area contributed by atoms with Gasteiger partial charge in [-0.2, -0.15) is 13.2 Å². The molecule has 0 heterocycles. The van der Waals surface area contributed by atoms with Gasteiger partial charge in [-0.1, -0.05) is 5.92 Å². The van der Waals surface area contributed by atoms with Crippen molar-refractivity contribution in [1.29, 1.82) is 0 Å². The summed E-state index contributed by atoms with van der Waals surface area (Å²) in [5, 5.41) is 22.0. The maximum Gasteiger partial charge on any atom is 0.417 e. The molecule has 0 bridgehead atoms. The molecule has 1 amide bonds. The van der Waals surface area contributed by atoms with E-state index < -0.39 is 54.0 Å². The summed E-state index contributed by atoms with van der Waals surface area (Å²) in [7, 11) is 0. The van der Waals surface area contributed by atoms with Crippen LogP contribution in [0.4, 0.5) is 18.9 Å². The summed E-state index contributed by atoms with van der Waals surface area (Å²) in [5.41, 5.74) is -2.03. The Balaban J connectivity index is 3.11. The molecule has 1 aromatic carbocycles. The van der Waals surface area contributed by atoms with E-state index in [-0.39, 0.29) is 12.2 Å². The normalized spacial score (nSPS) is 11.9. The molecule has 0 saturated carbocycles. The number of aliphatic carboxylic acids is 2. The van der Waals surface area contributed by atoms with Gasteiger partial charge in [-0.25, -0.2) is 4.79 Å². The lowest BCUT2D eigenvalue weighted by molar-refractivity contribution is -0.140. The second-order valence-electron chi connectivity index (χ2n) is 5.11. The molecule has 1 atom stereocenters. The molecule has 0 spiro atoms. The highest BCUT2D eigenvalue weighted by Gasteiger charge is 2.36. The van der Waals surface area contributed by atoms with Crippen LogP contribution in [-0.4, -0.2) is 40.6 Å². The number of carboxylic acids is 2. The number of hydrogen-bond donors (Lipinski definition) is 4. The molecule has 0 aliphatic rings. The van der Waals surface area contributed by atoms with Crippen molar-refractivity contribution in [2.24, 2.45) is 0 Å². The van der Waals surface area contributed by atoms with E-state index in [2.05, 4.69) is 11.2 Å². The number of anilines is 1. The zero-order valence-corrected chi connectivity index (χ0v) is 13.3. The number of nitrogens with one attached hydrogen (secondary N) is 2. The lowest BCUT2D eigenvalue weighted by atomic mass is 10.0. The number of carboxylic acid groups (broad SMARTS) is 2. The molecule has 0 saturated heterocycles. The first-order chi connectivity index (χ1) is 12.1. The number of halogens is 3. The van der Waals surface area contributed by atoms with Gasteiger partial charge in [0.25, 0.3) is 5.91 Å². The Hall–Kier alpha value is -3.22. The molecule has 140 valence electrons. The van der Waals surface area contributed by atoms with E-state index in [1.807, 2.05) is 5.32 Å². The van der Waals surface area contributed by atoms with Gasteiger partial charge < -0.3 is 20.8 Å². The number of alkyl halides is 3. The van der Waals surface area contributed by atoms with Gasteiger partial charge in [0, 0.05) is 12.1 Å². The van der Waals surface area contributed by atoms with Crippen LogP contribution >= 0.6 is 0 Å². The summed E-state index contributed by atoms with van der Waals surface area (Å²) in [6.45, 7) is -0.0287. The van der Waals surface area contributed by atoms with Crippen molar-refractivity contribution < 1.29 is 37.8 Å². The quantitative estimate of drug-likeness (QED) is 0.517. The minimum Gasteiger partial charge on any atom is -0.481 e. The summed E-state index contributed by atoms with van der Waals surface area (Å²) in [4.78, 5) is 33.7. The molecule has 1 aromatic rings. The van der Waals surface area contributed by atoms with Crippen molar-refractivity contribution in [2.75, 3.05) is 11.9 Å². The summed E-state index contributed by atoms with van der Waals surface area (Å²) in [5.74, 6) is -1.95. The lowest BCUT2D eigenvalue weighted by Gasteiger charge is -2.17. The first kappa shape index (κ1) is 20.8. The predicted molar refractivity (Wildman–Crippen MR) is 84.5 cm³/mol. The van der Waals surface area contributed by atoms with Crippen molar-refractivity contribution in [2.45, 2.75) is 25.1 Å². The lowest BCUT2D eigenvalue weighted by Crippen LogP contribution is -2.41. The van der Waals surface area contributed by atoms with Crippen LogP contribution in [0.1, 0.15) is 28.8 Å². The van der Waals surface area contributed by atoms with Crippen LogP contribution in [0.5, 0.6) is 0 Å². The number of terminal acetylenes is 1. The summed E-state index contributed by atoms with van der Waals surface area (Å²) >= 11 is 0. The number of benzene rings is 1. The van der Waals surface area contributed by atoms with Crippen LogP contribution in [0, 0.1) is 12.3 Å². The molecule has 7 nitrogen and oxygen atoms in total. The fourth-order valence-electron chi connectivity index (χ4n) is 2.00. The predicted octanol–water partition coefficient (Wildman–Crippen LogP) is 1.80. The van der Waals surface area contributed by atoms with Gasteiger partial charge in [0.2, 0.25) is 0 Å². The number of amides is 1. The second-order valence-corrected chi connectivity index (χ2v) is 5.11. The Morgan fingerprint density at radius 3 is 2.38 bits per heavy atom. The molecule has 10 heteroatoms. The zero-order chi connectivity index (χ0) is 19.9. The minimum atomic E-state index is -4.87. The number of rotatable bonds is 8. The van der Waals surface area contributed by atoms with E-state index in [4.69, 9.17) is 16.6 Å². The van der Waals surface area contributed by atoms with Crippen LogP contribution in [0.3, 0.4) is 0 Å². The van der Waals surface area contributed by atoms with Gasteiger partial charge in [0.1, 0.15) is 6.04 Å². The van der Waals surface area contributed by atoms with Crippen molar-refractivity contribution >= 4 is 23.5 Å². The van der Waals surface area contributed by atoms with E-state index in [1.54, 1.807) is 0 Å². The standard InChI is InChI=1S/C16H15F3N2O5/c1-2-7-20-9-3-4-10(11(8-9)16(17,18)19)14(24)21-12(15(25)26)5-6-13(22)23/h1,3-4,8,12,20H,5-7H2,(H,21,24)(H,22,23)(H,25,26)/t12-/m0/s1. The highest BCUT2D eigenvalue weighted by Crippen LogP contribution is 2.34. The molecule has 0 aliphatic heterocycles. The molecule has 0 fully saturated rings. The molecular weight excluding hydrogens is 357 g/mol. The Morgan fingerprint density at radius 2 is 1.88 bits per heavy atom. The summed E-state index contributed by atoms with van der Waals surface area (Å²) in [6, 6.07) is 1.11. The topological polar surface area (TPSA) is 116 Å². The maximum absolute atomic E-state index is 13.2. The first-order valence-corrected chi connectivity index (χ1v) is 7.20. The first-order valence-electron chi connectivity index (χ1n) is 7.20. The van der Waals surface area contributed by atoms with Crippen LogP contribution in [0.2, 0.25) is 0 Å². The molecule has 0 radical (unpaired) electrons. The summed E-state index contributed by atoms with van der Waals surface area (Å²) in [6.07, 6.45) is -0.903. The maximum atomic E-state index is 13.2. The number of carbonyl (C=O) groups is 3. The molecule has 0 unspecified atom stereocenters. The van der Waals surface area contributed by atoms with Gasteiger partial charge in [0.05, 0.1) is 17.7 Å². The average Bonchev–Trinajstić information content (AvgIpc) is 2.55. The van der Waals surface area contributed by atoms with E-state index in [9.17, 15) is 27.6 Å². The van der Waals surface area contributed by atoms with Gasteiger partial charge in [-0.15, -0.1) is 6.42 Å². The van der Waals surface area contributed by atoms with Crippen molar-refractivity contribution in [3.63, 3.8) is 0 Å². The van der Waals surface area contributed by atoms with Crippen molar-refractivity contribution in [3.05, 3.63) is 29.3 Å². The van der Waals surface area contributed by atoms with Gasteiger partial charge in [0.15, 0.2) is 0 Å². The zero-order valence-electron chi connectivity index (χ0n) is 13.3. The van der Waals surface area contributed by atoms with Crippen LogP contribution in [-0.2, 0) is 15.8 Å². The Labute approximate surface area is 146 Å². The number of hydrogen-bond acceptors (Lipinski definition) is 4. The van der Waals surface area contributed by atoms with E-state index >= 15 is 0 Å². The summed E-state index contributed by atoms with van der Waals surface area (Å²) < 4.78 is 39.7. The van der Waals surface area contributed by atoms with E-state index in [0.717, 1.165) is 6.07 Å². The van der Waals surface area contributed by atoms with E-state index in [0.29, 0.717) is 6.07 Å². The SMILES string of the molecule is C#CCNc1ccc(C(=O)N[C@@H](CCC(=O)O)C(=O)O)c(C(F)(F)F)c1. The van der Waals surface area contributed by atoms with Gasteiger partial charge >= 0.3 is 18.1 Å². The third-order valence-corrected chi connectivity index (χ3v) is 3.21. The highest BCUT2D eigenvalue weighted by atomic mass is 19.4. The molecule has 0 aliphatic carbocycles. The third kappa shape index (κ3) is 6.01. The average molecular weight is 372 g/mol. The van der Waals surface area contributed by atoms with E-state index in [1.165, 1.54) is 6.07 Å². The molecule has 4 N–H and O–H groups in total. The third-order valence-electron chi connectivity index (χ3n) is 3.21. The van der Waals surface area contributed by atoms with Crippen LogP contribution in [0.15, 0.2) is 18.2 Å². The Morgan fingerprint density at radius 1 is 1.23 bits per heavy atom. The minimum absolute atomic E-state index is 0.0287. The van der Waals surface area contributed by atoms with Crippen LogP contribution in [0.25, 0.3) is 0 Å². The Kier molecular flexibility index (Phi) is 7.01. The second kappa shape index (κ2) is 8.75. The molecular formula is C16H15F3N2O5. The smallest absolute Gasteiger partial charge is 0.417 e. The largest absolute Gasteiger partial charge is 0.481 e. The van der Waals surface area contributed by atoms with Crippen molar-refractivity contribution in [1.82, 2.24) is 5.32 Å². The van der Waals surface area contributed by atoms with Gasteiger partial charge in [-0.3, -0.25) is 9.59 Å².